The molecule has 0 spiro atoms. The van der Waals surface area contributed by atoms with E-state index in [1.54, 1.807) is 0 Å². The average Bonchev–Trinajstić information content (AvgIpc) is 1.59. The molecular weight excluding hydrogens is 132 g/mol. The lowest BCUT2D eigenvalue weighted by atomic mass is 10.1. The number of ether oxygens (including phenoxy) is 1. The molecule has 0 aromatic rings. The van der Waals surface area contributed by atoms with Crippen LogP contribution in [0.4, 0.5) is 0 Å². The SMILES string of the molecule is C[C@@H]1CC(S)C[C@H](C)O1. The van der Waals surface area contributed by atoms with Crippen molar-refractivity contribution >= 4 is 12.6 Å². The van der Waals surface area contributed by atoms with Gasteiger partial charge in [0.15, 0.2) is 0 Å². The van der Waals surface area contributed by atoms with E-state index in [1.165, 1.54) is 0 Å². The average molecular weight is 146 g/mol. The van der Waals surface area contributed by atoms with Gasteiger partial charge in [-0.3, -0.25) is 0 Å². The van der Waals surface area contributed by atoms with Crippen molar-refractivity contribution in [2.75, 3.05) is 0 Å². The largest absolute Gasteiger partial charge is 0.375 e. The van der Waals surface area contributed by atoms with Crippen LogP contribution >= 0.6 is 12.6 Å². The Morgan fingerprint density at radius 3 is 2.00 bits per heavy atom. The van der Waals surface area contributed by atoms with Gasteiger partial charge in [0.05, 0.1) is 12.2 Å². The molecule has 1 unspecified atom stereocenters. The van der Waals surface area contributed by atoms with Gasteiger partial charge in [0, 0.05) is 5.25 Å². The quantitative estimate of drug-likeness (QED) is 0.513. The lowest BCUT2D eigenvalue weighted by Gasteiger charge is -2.29. The Morgan fingerprint density at radius 2 is 1.67 bits per heavy atom. The third-order valence-corrected chi connectivity index (χ3v) is 2.09. The molecule has 1 aliphatic rings. The van der Waals surface area contributed by atoms with Crippen LogP contribution in [0.15, 0.2) is 0 Å². The topological polar surface area (TPSA) is 9.23 Å². The van der Waals surface area contributed by atoms with Gasteiger partial charge in [0.25, 0.3) is 0 Å². The Hall–Kier alpha value is 0.310. The maximum Gasteiger partial charge on any atom is 0.0561 e. The minimum Gasteiger partial charge on any atom is -0.375 e. The molecule has 1 aliphatic heterocycles. The highest BCUT2D eigenvalue weighted by atomic mass is 32.1. The first-order valence-corrected chi connectivity index (χ1v) is 4.03. The van der Waals surface area contributed by atoms with E-state index in [0.717, 1.165) is 12.8 Å². The predicted octanol–water partition coefficient (Wildman–Crippen LogP) is 1.87. The summed E-state index contributed by atoms with van der Waals surface area (Å²) in [4.78, 5) is 0. The van der Waals surface area contributed by atoms with Crippen molar-refractivity contribution in [3.63, 3.8) is 0 Å². The second-order valence-electron chi connectivity index (χ2n) is 2.88. The molecule has 0 radical (unpaired) electrons. The summed E-state index contributed by atoms with van der Waals surface area (Å²) in [6.07, 6.45) is 3.04. The Labute approximate surface area is 62.2 Å². The van der Waals surface area contributed by atoms with E-state index in [0.29, 0.717) is 17.5 Å². The second kappa shape index (κ2) is 2.93. The molecule has 9 heavy (non-hydrogen) atoms. The molecular formula is C7H14OS. The fourth-order valence-corrected chi connectivity index (χ4v) is 1.96. The summed E-state index contributed by atoms with van der Waals surface area (Å²) in [5.41, 5.74) is 0. The maximum absolute atomic E-state index is 5.51. The molecule has 0 aromatic carbocycles. The molecule has 0 saturated carbocycles. The molecule has 1 rings (SSSR count). The van der Waals surface area contributed by atoms with E-state index in [9.17, 15) is 0 Å². The van der Waals surface area contributed by atoms with Gasteiger partial charge in [-0.25, -0.2) is 0 Å². The molecule has 1 saturated heterocycles. The minimum absolute atomic E-state index is 0.413. The smallest absolute Gasteiger partial charge is 0.0561 e. The van der Waals surface area contributed by atoms with Gasteiger partial charge in [-0.05, 0) is 26.7 Å². The summed E-state index contributed by atoms with van der Waals surface area (Å²) in [5.74, 6) is 0. The first kappa shape index (κ1) is 7.42. The molecule has 0 N–H and O–H groups in total. The van der Waals surface area contributed by atoms with Crippen LogP contribution in [0.2, 0.25) is 0 Å². The van der Waals surface area contributed by atoms with Crippen molar-refractivity contribution in [3.05, 3.63) is 0 Å². The lowest BCUT2D eigenvalue weighted by Crippen LogP contribution is -2.29. The van der Waals surface area contributed by atoms with Gasteiger partial charge in [-0.2, -0.15) is 12.6 Å². The molecule has 1 fully saturated rings. The van der Waals surface area contributed by atoms with Crippen LogP contribution in [0, 0.1) is 0 Å². The summed E-state index contributed by atoms with van der Waals surface area (Å²) >= 11 is 4.40. The van der Waals surface area contributed by atoms with Crippen LogP contribution in [-0.4, -0.2) is 17.5 Å². The number of rotatable bonds is 0. The van der Waals surface area contributed by atoms with Crippen molar-refractivity contribution < 1.29 is 4.74 Å². The van der Waals surface area contributed by atoms with Gasteiger partial charge in [0.2, 0.25) is 0 Å². The van der Waals surface area contributed by atoms with Gasteiger partial charge in [-0.1, -0.05) is 0 Å². The third kappa shape index (κ3) is 2.18. The highest BCUT2D eigenvalue weighted by molar-refractivity contribution is 7.80. The fourth-order valence-electron chi connectivity index (χ4n) is 1.37. The summed E-state index contributed by atoms with van der Waals surface area (Å²) in [6.45, 7) is 4.22. The summed E-state index contributed by atoms with van der Waals surface area (Å²) < 4.78 is 5.51. The van der Waals surface area contributed by atoms with E-state index in [4.69, 9.17) is 4.74 Å². The van der Waals surface area contributed by atoms with Crippen molar-refractivity contribution in [2.45, 2.75) is 44.1 Å². The van der Waals surface area contributed by atoms with Crippen molar-refractivity contribution in [2.24, 2.45) is 0 Å². The fraction of sp³-hybridized carbons (Fsp3) is 1.00. The Bertz CT molecular complexity index is 69.9. The summed E-state index contributed by atoms with van der Waals surface area (Å²) in [7, 11) is 0. The standard InChI is InChI=1S/C7H14OS/c1-5-3-7(9)4-6(2)8-5/h5-7,9H,3-4H2,1-2H3/t5-,6+,7?. The normalized spacial score (nSPS) is 45.0. The van der Waals surface area contributed by atoms with Crippen LogP contribution in [0.3, 0.4) is 0 Å². The molecule has 1 heterocycles. The van der Waals surface area contributed by atoms with E-state index < -0.39 is 0 Å². The molecule has 0 amide bonds. The number of hydrogen-bond donors (Lipinski definition) is 1. The third-order valence-electron chi connectivity index (χ3n) is 1.67. The van der Waals surface area contributed by atoms with E-state index in [2.05, 4.69) is 26.5 Å². The van der Waals surface area contributed by atoms with E-state index >= 15 is 0 Å². The summed E-state index contributed by atoms with van der Waals surface area (Å²) in [5, 5.41) is 0.559. The zero-order chi connectivity index (χ0) is 6.85. The van der Waals surface area contributed by atoms with Crippen molar-refractivity contribution in [1.82, 2.24) is 0 Å². The maximum atomic E-state index is 5.51. The zero-order valence-electron chi connectivity index (χ0n) is 6.00. The van der Waals surface area contributed by atoms with Gasteiger partial charge < -0.3 is 4.74 Å². The molecule has 0 aliphatic carbocycles. The van der Waals surface area contributed by atoms with Crippen molar-refractivity contribution in [3.8, 4) is 0 Å². The highest BCUT2D eigenvalue weighted by Crippen LogP contribution is 2.22. The van der Waals surface area contributed by atoms with Crippen LogP contribution in [0.25, 0.3) is 0 Å². The molecule has 2 heteroatoms. The van der Waals surface area contributed by atoms with Crippen LogP contribution < -0.4 is 0 Å². The van der Waals surface area contributed by atoms with E-state index in [1.807, 2.05) is 0 Å². The Morgan fingerprint density at radius 1 is 1.22 bits per heavy atom. The van der Waals surface area contributed by atoms with Crippen molar-refractivity contribution in [1.29, 1.82) is 0 Å². The Kier molecular flexibility index (Phi) is 2.42. The first-order chi connectivity index (χ1) is 4.18. The summed E-state index contributed by atoms with van der Waals surface area (Å²) in [6, 6.07) is 0. The van der Waals surface area contributed by atoms with Crippen LogP contribution in [-0.2, 0) is 4.74 Å². The second-order valence-corrected chi connectivity index (χ2v) is 3.61. The molecule has 0 bridgehead atoms. The van der Waals surface area contributed by atoms with Gasteiger partial charge in [-0.15, -0.1) is 0 Å². The molecule has 1 nitrogen and oxygen atoms in total. The Balaban J connectivity index is 2.34. The van der Waals surface area contributed by atoms with Crippen LogP contribution in [0.1, 0.15) is 26.7 Å². The van der Waals surface area contributed by atoms with Crippen LogP contribution in [0.5, 0.6) is 0 Å². The van der Waals surface area contributed by atoms with Gasteiger partial charge in [0.1, 0.15) is 0 Å². The number of hydrogen-bond acceptors (Lipinski definition) is 2. The molecule has 0 aromatic heterocycles. The minimum atomic E-state index is 0.413. The monoisotopic (exact) mass is 146 g/mol. The molecule has 54 valence electrons. The van der Waals surface area contributed by atoms with Gasteiger partial charge >= 0.3 is 0 Å². The predicted molar refractivity (Wildman–Crippen MR) is 42.0 cm³/mol. The zero-order valence-corrected chi connectivity index (χ0v) is 6.90. The highest BCUT2D eigenvalue weighted by Gasteiger charge is 2.20. The molecule has 3 atom stereocenters. The first-order valence-electron chi connectivity index (χ1n) is 3.52. The van der Waals surface area contributed by atoms with E-state index in [-0.39, 0.29) is 0 Å². The number of thiol groups is 1. The lowest BCUT2D eigenvalue weighted by molar-refractivity contribution is -0.0262.